The van der Waals surface area contributed by atoms with Crippen molar-refractivity contribution in [2.75, 3.05) is 0 Å². The van der Waals surface area contributed by atoms with Crippen LogP contribution in [0, 0.1) is 5.92 Å². The van der Waals surface area contributed by atoms with Crippen LogP contribution in [-0.4, -0.2) is 30.5 Å². The summed E-state index contributed by atoms with van der Waals surface area (Å²) in [6, 6.07) is 0. The van der Waals surface area contributed by atoms with Gasteiger partial charge in [-0.15, -0.1) is 0 Å². The molecular formula is C10H6Cl2N2O4S. The Morgan fingerprint density at radius 1 is 1.16 bits per heavy atom. The zero-order valence-corrected chi connectivity index (χ0v) is 11.5. The summed E-state index contributed by atoms with van der Waals surface area (Å²) in [6.45, 7) is 0. The maximum absolute atomic E-state index is 11.4. The molecule has 1 unspecified atom stereocenters. The van der Waals surface area contributed by atoms with Gasteiger partial charge in [0.05, 0.1) is 0 Å². The second kappa shape index (κ2) is 6.08. The molecule has 6 nitrogen and oxygen atoms in total. The highest BCUT2D eigenvalue weighted by Gasteiger charge is 2.37. The van der Waals surface area contributed by atoms with E-state index < -0.39 is 14.2 Å². The van der Waals surface area contributed by atoms with Crippen LogP contribution in [0.5, 0.6) is 0 Å². The fraction of sp³-hybridized carbons (Fsp3) is 0.100. The first-order chi connectivity index (χ1) is 8.74. The summed E-state index contributed by atoms with van der Waals surface area (Å²) in [4.78, 5) is 25.8. The average molecular weight is 321 g/mol. The van der Waals surface area contributed by atoms with Crippen LogP contribution in [0.4, 0.5) is 0 Å². The third-order valence-electron chi connectivity index (χ3n) is 2.23. The molecule has 19 heavy (non-hydrogen) atoms. The van der Waals surface area contributed by atoms with Crippen molar-refractivity contribution >= 4 is 46.9 Å². The number of carbonyl (C=O) groups is 2. The average Bonchev–Trinajstić information content (AvgIpc) is 2.31. The summed E-state index contributed by atoms with van der Waals surface area (Å²) >= 11 is 0. The van der Waals surface area contributed by atoms with E-state index in [0.29, 0.717) is 5.57 Å². The predicted molar refractivity (Wildman–Crippen MR) is 69.1 cm³/mol. The fourth-order valence-corrected chi connectivity index (χ4v) is 1.57. The summed E-state index contributed by atoms with van der Waals surface area (Å²) < 4.78 is 18.3. The van der Waals surface area contributed by atoms with Gasteiger partial charge in [-0.25, -0.2) is 0 Å². The molecule has 9 heteroatoms. The first-order valence-corrected chi connectivity index (χ1v) is 7.88. The van der Waals surface area contributed by atoms with Crippen molar-refractivity contribution in [2.45, 2.75) is 0 Å². The second-order valence-corrected chi connectivity index (χ2v) is 7.09. The quantitative estimate of drug-likeness (QED) is 0.379. The molecule has 0 spiro atoms. The Bertz CT molecular complexity index is 662. The molecule has 0 aliphatic heterocycles. The largest absolute Gasteiger partial charge is 0.361 e. The highest BCUT2D eigenvalue weighted by Crippen LogP contribution is 2.23. The fourth-order valence-electron chi connectivity index (χ4n) is 1.57. The molecule has 0 heterocycles. The van der Waals surface area contributed by atoms with Crippen molar-refractivity contribution in [3.05, 3.63) is 41.5 Å². The van der Waals surface area contributed by atoms with E-state index >= 15 is 0 Å². The minimum Gasteiger partial charge on any atom is -0.361 e. The van der Waals surface area contributed by atoms with Crippen LogP contribution < -0.4 is 0 Å². The minimum atomic E-state index is -3.72. The van der Waals surface area contributed by atoms with Gasteiger partial charge in [0.15, 0.2) is 17.5 Å². The molecule has 100 valence electrons. The lowest BCUT2D eigenvalue weighted by Crippen LogP contribution is -2.32. The number of hydrogen-bond acceptors (Lipinski definition) is 4. The van der Waals surface area contributed by atoms with E-state index in [4.69, 9.17) is 13.9 Å². The van der Waals surface area contributed by atoms with Crippen molar-refractivity contribution in [1.29, 1.82) is 0 Å². The van der Waals surface area contributed by atoms with Crippen molar-refractivity contribution in [3.63, 3.8) is 0 Å². The van der Waals surface area contributed by atoms with E-state index in [1.807, 2.05) is 0 Å². The summed E-state index contributed by atoms with van der Waals surface area (Å²) in [5, 5.41) is 0. The van der Waals surface area contributed by atoms with Gasteiger partial charge in [-0.1, -0.05) is 12.2 Å². The molecule has 1 atom stereocenters. The van der Waals surface area contributed by atoms with Crippen LogP contribution in [0.1, 0.15) is 0 Å². The van der Waals surface area contributed by atoms with Crippen LogP contribution in [0.2, 0.25) is 0 Å². The van der Waals surface area contributed by atoms with Crippen LogP contribution in [0.25, 0.3) is 5.53 Å². The highest BCUT2D eigenvalue weighted by atomic mass is 36.0. The topological polar surface area (TPSA) is 105 Å². The second-order valence-electron chi connectivity index (χ2n) is 3.42. The highest BCUT2D eigenvalue weighted by molar-refractivity contribution is 8.31. The van der Waals surface area contributed by atoms with Gasteiger partial charge in [-0.2, -0.15) is 13.2 Å². The van der Waals surface area contributed by atoms with E-state index in [9.17, 15) is 9.59 Å². The Morgan fingerprint density at radius 3 is 2.26 bits per heavy atom. The normalized spacial score (nSPS) is 21.1. The number of nitrogens with zero attached hydrogens (tertiary/aromatic N) is 2. The predicted octanol–water partition coefficient (Wildman–Crippen LogP) is 1.19. The molecule has 2 aliphatic carbocycles. The summed E-state index contributed by atoms with van der Waals surface area (Å²) in [5.41, 5.74) is 9.24. The van der Waals surface area contributed by atoms with Crippen molar-refractivity contribution < 1.29 is 22.8 Å². The van der Waals surface area contributed by atoms with Gasteiger partial charge in [0.2, 0.25) is 0 Å². The number of rotatable bonds is 0. The maximum atomic E-state index is 11.4. The van der Waals surface area contributed by atoms with E-state index in [2.05, 4.69) is 26.2 Å². The van der Waals surface area contributed by atoms with E-state index in [1.54, 1.807) is 12.2 Å². The lowest BCUT2D eigenvalue weighted by Gasteiger charge is -2.16. The van der Waals surface area contributed by atoms with Gasteiger partial charge in [0.25, 0.3) is 0 Å². The minimum absolute atomic E-state index is 0.208. The molecule has 0 amide bonds. The smallest absolute Gasteiger partial charge is 0.317 e. The van der Waals surface area contributed by atoms with Crippen LogP contribution >= 0.6 is 21.4 Å². The van der Waals surface area contributed by atoms with Crippen LogP contribution in [0.15, 0.2) is 36.0 Å². The first kappa shape index (κ1) is 15.5. The van der Waals surface area contributed by atoms with E-state index in [-0.39, 0.29) is 17.3 Å². The Balaban J connectivity index is 0.000000312. The molecule has 0 N–H and O–H groups in total. The molecule has 0 aromatic heterocycles. The molecule has 0 aromatic carbocycles. The van der Waals surface area contributed by atoms with Gasteiger partial charge in [-0.05, 0) is 12.2 Å². The molecule has 0 saturated heterocycles. The number of hydrogen-bond donors (Lipinski definition) is 0. The zero-order chi connectivity index (χ0) is 14.6. The molecule has 0 radical (unpaired) electrons. The van der Waals surface area contributed by atoms with Gasteiger partial charge in [0, 0.05) is 33.0 Å². The summed E-state index contributed by atoms with van der Waals surface area (Å²) in [6.07, 6.45) is 7.13. The van der Waals surface area contributed by atoms with E-state index in [1.165, 1.54) is 18.2 Å². The molecule has 2 rings (SSSR count). The SMILES string of the molecule is O=S(=O)(Cl)Cl.[N-]=[N+]=C1C=CC=C2C(=O)C=CC(=O)C21. The Morgan fingerprint density at radius 2 is 1.74 bits per heavy atom. The molecule has 0 saturated carbocycles. The molecule has 2 aliphatic rings. The summed E-state index contributed by atoms with van der Waals surface area (Å²) in [5.74, 6) is -1.16. The Hall–Kier alpha value is -1.53. The molecule has 0 aromatic rings. The molecule has 0 bridgehead atoms. The molecule has 0 fully saturated rings. The number of carbonyl (C=O) groups excluding carboxylic acids is 2. The monoisotopic (exact) mass is 320 g/mol. The first-order valence-electron chi connectivity index (χ1n) is 4.74. The van der Waals surface area contributed by atoms with Crippen molar-refractivity contribution in [1.82, 2.24) is 0 Å². The number of fused-ring (bicyclic) bond motifs is 1. The third kappa shape index (κ3) is 4.57. The van der Waals surface area contributed by atoms with Gasteiger partial charge in [-0.3, -0.25) is 9.59 Å². The Labute approximate surface area is 117 Å². The van der Waals surface area contributed by atoms with E-state index in [0.717, 1.165) is 0 Å². The van der Waals surface area contributed by atoms with Crippen molar-refractivity contribution in [2.24, 2.45) is 5.92 Å². The molecular weight excluding hydrogens is 315 g/mol. The van der Waals surface area contributed by atoms with Crippen molar-refractivity contribution in [3.8, 4) is 0 Å². The lowest BCUT2D eigenvalue weighted by atomic mass is 9.80. The van der Waals surface area contributed by atoms with Gasteiger partial charge < -0.3 is 5.53 Å². The number of ketones is 2. The van der Waals surface area contributed by atoms with Gasteiger partial charge >= 0.3 is 14.0 Å². The van der Waals surface area contributed by atoms with Crippen LogP contribution in [-0.2, 0) is 17.9 Å². The standard InChI is InChI=1S/C10H6N2O2.Cl2O2S/c11-12-7-3-1-2-6-8(13)4-5-9(14)10(6)7;1-5(2,3)4/h1-5,10H;. The zero-order valence-electron chi connectivity index (χ0n) is 9.16. The number of allylic oxidation sites excluding steroid dienone is 6. The third-order valence-corrected chi connectivity index (χ3v) is 2.23. The maximum Gasteiger partial charge on any atom is 0.317 e. The van der Waals surface area contributed by atoms with Gasteiger partial charge in [0.1, 0.15) is 0 Å². The lowest BCUT2D eigenvalue weighted by molar-refractivity contribution is -0.120. The Kier molecular flexibility index (Phi) is 4.97. The number of halogens is 2. The van der Waals surface area contributed by atoms with Crippen LogP contribution in [0.3, 0.4) is 0 Å². The summed E-state index contributed by atoms with van der Waals surface area (Å²) in [7, 11) is 4.81.